The molecule has 0 amide bonds. The Morgan fingerprint density at radius 1 is 0.761 bits per heavy atom. The molecule has 1 aliphatic heterocycles. The van der Waals surface area contributed by atoms with E-state index in [4.69, 9.17) is 29.0 Å². The second kappa shape index (κ2) is 35.4. The number of rotatable bonds is 40. The van der Waals surface area contributed by atoms with Crippen LogP contribution in [-0.4, -0.2) is 85.7 Å². The van der Waals surface area contributed by atoms with Gasteiger partial charge in [-0.2, -0.15) is 9.29 Å². The zero-order valence-electron chi connectivity index (χ0n) is 40.4. The van der Waals surface area contributed by atoms with Gasteiger partial charge in [-0.15, -0.1) is 0 Å². The lowest BCUT2D eigenvalue weighted by Crippen LogP contribution is -2.36. The number of allylic oxidation sites excluding steroid dienone is 4. The molecular formula is C47H83N3O15P2. The Morgan fingerprint density at radius 3 is 1.85 bits per heavy atom. The average Bonchev–Trinajstić information content (AvgIpc) is 3.55. The fraction of sp³-hybridized carbons (Fsp3) is 0.787. The number of phosphoric acid groups is 2. The molecule has 0 aliphatic carbocycles. The molecule has 20 heteroatoms. The molecule has 0 spiro atoms. The van der Waals surface area contributed by atoms with Crippen molar-refractivity contribution < 1.29 is 66.3 Å². The smallest absolute Gasteiger partial charge is 0.462 e. The number of hydrogen-bond donors (Lipinski definition) is 5. The highest BCUT2D eigenvalue weighted by molar-refractivity contribution is 7.61. The van der Waals surface area contributed by atoms with Crippen LogP contribution in [0.1, 0.15) is 188 Å². The zero-order valence-corrected chi connectivity index (χ0v) is 42.2. The summed E-state index contributed by atoms with van der Waals surface area (Å²) in [6.07, 6.45) is 27.0. The summed E-state index contributed by atoms with van der Waals surface area (Å²) in [5, 5.41) is 20.9. The van der Waals surface area contributed by atoms with Crippen LogP contribution in [0.3, 0.4) is 0 Å². The molecule has 67 heavy (non-hydrogen) atoms. The first-order chi connectivity index (χ1) is 32.0. The van der Waals surface area contributed by atoms with Gasteiger partial charge in [0.05, 0.1) is 13.2 Å². The first-order valence-corrected chi connectivity index (χ1v) is 27.7. The maximum Gasteiger partial charge on any atom is 0.481 e. The van der Waals surface area contributed by atoms with Crippen molar-refractivity contribution in [1.29, 1.82) is 0 Å². The molecule has 1 aromatic rings. The number of aliphatic hydroxyl groups excluding tert-OH is 2. The SMILES string of the molecule is CCCCCC/C=C\C=C/CCCCCCCC(=O)O[C@H](COC(=O)CCCCCCCCCCCCCC(C)C)COP(=O)(O)OP(=O)(O)OC[C@H]1O[C@@H](n2ccc(N)nc2=O)C(O)[C@H]1O. The molecule has 1 fully saturated rings. The third-order valence-corrected chi connectivity index (χ3v) is 13.8. The Kier molecular flexibility index (Phi) is 31.9. The van der Waals surface area contributed by atoms with Crippen molar-refractivity contribution in [2.45, 2.75) is 212 Å². The third-order valence-electron chi connectivity index (χ3n) is 11.2. The van der Waals surface area contributed by atoms with E-state index in [-0.39, 0.29) is 18.7 Å². The summed E-state index contributed by atoms with van der Waals surface area (Å²) in [6, 6.07) is 1.25. The van der Waals surface area contributed by atoms with Gasteiger partial charge in [0, 0.05) is 19.0 Å². The third kappa shape index (κ3) is 29.1. The molecule has 2 heterocycles. The van der Waals surface area contributed by atoms with Gasteiger partial charge in [0.1, 0.15) is 30.7 Å². The number of nitrogens with two attached hydrogens (primary N) is 1. The number of aliphatic hydroxyl groups is 2. The summed E-state index contributed by atoms with van der Waals surface area (Å²) in [6.45, 7) is 4.42. The Hall–Kier alpha value is -2.76. The van der Waals surface area contributed by atoms with Gasteiger partial charge in [0.2, 0.25) is 0 Å². The van der Waals surface area contributed by atoms with E-state index in [1.165, 1.54) is 76.7 Å². The van der Waals surface area contributed by atoms with E-state index in [0.717, 1.165) is 80.9 Å². The lowest BCUT2D eigenvalue weighted by molar-refractivity contribution is -0.161. The van der Waals surface area contributed by atoms with Crippen LogP contribution in [0.15, 0.2) is 41.4 Å². The molecule has 0 saturated carbocycles. The molecule has 0 radical (unpaired) electrons. The summed E-state index contributed by atoms with van der Waals surface area (Å²) >= 11 is 0. The Balaban J connectivity index is 1.82. The van der Waals surface area contributed by atoms with E-state index in [1.807, 2.05) is 0 Å². The van der Waals surface area contributed by atoms with Crippen molar-refractivity contribution in [2.75, 3.05) is 25.6 Å². The maximum atomic E-state index is 12.8. The number of phosphoric ester groups is 2. The highest BCUT2D eigenvalue weighted by atomic mass is 31.3. The van der Waals surface area contributed by atoms with E-state index in [2.05, 4.69) is 54.4 Å². The summed E-state index contributed by atoms with van der Waals surface area (Å²) in [5.41, 5.74) is 4.59. The van der Waals surface area contributed by atoms with E-state index in [0.29, 0.717) is 12.8 Å². The molecule has 6 N–H and O–H groups in total. The van der Waals surface area contributed by atoms with Crippen LogP contribution in [0.4, 0.5) is 5.82 Å². The molecule has 1 saturated heterocycles. The Morgan fingerprint density at radius 2 is 1.28 bits per heavy atom. The monoisotopic (exact) mass is 992 g/mol. The minimum Gasteiger partial charge on any atom is -0.462 e. The molecular weight excluding hydrogens is 908 g/mol. The van der Waals surface area contributed by atoms with Gasteiger partial charge < -0.3 is 39.9 Å². The molecule has 0 aromatic carbocycles. The van der Waals surface area contributed by atoms with Gasteiger partial charge >= 0.3 is 33.3 Å². The van der Waals surface area contributed by atoms with Gasteiger partial charge in [-0.1, -0.05) is 154 Å². The minimum absolute atomic E-state index is 0.0345. The summed E-state index contributed by atoms with van der Waals surface area (Å²) in [4.78, 5) is 61.8. The number of ether oxygens (including phenoxy) is 3. The number of unbranched alkanes of at least 4 members (excludes halogenated alkanes) is 19. The Bertz CT molecular complexity index is 1730. The number of carbonyl (C=O) groups excluding carboxylic acids is 2. The number of aromatic nitrogens is 2. The maximum absolute atomic E-state index is 12.8. The summed E-state index contributed by atoms with van der Waals surface area (Å²) < 4.78 is 56.7. The van der Waals surface area contributed by atoms with Crippen LogP contribution in [-0.2, 0) is 46.3 Å². The van der Waals surface area contributed by atoms with Gasteiger partial charge in [0.25, 0.3) is 0 Å². The molecule has 18 nitrogen and oxygen atoms in total. The lowest BCUT2D eigenvalue weighted by Gasteiger charge is -2.21. The first-order valence-electron chi connectivity index (χ1n) is 24.7. The average molecular weight is 992 g/mol. The molecule has 1 aliphatic rings. The van der Waals surface area contributed by atoms with Crippen LogP contribution < -0.4 is 11.4 Å². The molecule has 1 aromatic heterocycles. The lowest BCUT2D eigenvalue weighted by atomic mass is 10.0. The van der Waals surface area contributed by atoms with Gasteiger partial charge in [-0.3, -0.25) is 23.2 Å². The number of esters is 2. The van der Waals surface area contributed by atoms with Crippen molar-refractivity contribution in [3.05, 3.63) is 47.1 Å². The number of nitrogens with zero attached hydrogens (tertiary/aromatic N) is 2. The van der Waals surface area contributed by atoms with Gasteiger partial charge in [-0.05, 0) is 50.5 Å². The first kappa shape index (κ1) is 60.4. The fourth-order valence-electron chi connectivity index (χ4n) is 7.37. The summed E-state index contributed by atoms with van der Waals surface area (Å²) in [5.74, 6) is -0.541. The topological polar surface area (TPSA) is 265 Å². The quantitative estimate of drug-likeness (QED) is 0.0177. The van der Waals surface area contributed by atoms with Crippen LogP contribution >= 0.6 is 15.6 Å². The number of carbonyl (C=O) groups is 2. The number of anilines is 1. The number of hydrogen-bond acceptors (Lipinski definition) is 15. The van der Waals surface area contributed by atoms with Crippen molar-refractivity contribution >= 4 is 33.4 Å². The standard InChI is InChI=1S/C47H83N3O15P2/c1-4-5-6-7-8-9-10-11-12-13-16-20-23-26-29-32-43(52)63-39(35-60-42(51)31-28-25-22-19-17-14-15-18-21-24-27-30-38(2)3)36-61-66(56,57)65-67(58,59)62-37-40-44(53)45(54)46(64-40)50-34-33-41(48)49-47(50)55/h9-12,33-34,38-40,44-46,53-54H,4-8,13-32,35-37H2,1-3H3,(H,56,57)(H,58,59)(H2,48,49,55)/b10-9-,12-11-/t39-,40-,44+,45?,46-/m1/s1. The highest BCUT2D eigenvalue weighted by Gasteiger charge is 2.46. The van der Waals surface area contributed by atoms with Gasteiger partial charge in [0.15, 0.2) is 12.3 Å². The largest absolute Gasteiger partial charge is 0.481 e. The number of nitrogen functional groups attached to an aromatic ring is 1. The van der Waals surface area contributed by atoms with E-state index < -0.39 is 83.7 Å². The van der Waals surface area contributed by atoms with Crippen LogP contribution in [0.2, 0.25) is 0 Å². The van der Waals surface area contributed by atoms with Crippen molar-refractivity contribution in [1.82, 2.24) is 9.55 Å². The van der Waals surface area contributed by atoms with Crippen molar-refractivity contribution in [3.8, 4) is 0 Å². The minimum atomic E-state index is -5.42. The molecule has 0 bridgehead atoms. The molecule has 386 valence electrons. The second-order valence-electron chi connectivity index (χ2n) is 17.8. The predicted octanol–water partition coefficient (Wildman–Crippen LogP) is 9.69. The predicted molar refractivity (Wildman–Crippen MR) is 257 cm³/mol. The normalized spacial score (nSPS) is 19.8. The van der Waals surface area contributed by atoms with E-state index >= 15 is 0 Å². The van der Waals surface area contributed by atoms with Crippen molar-refractivity contribution in [3.63, 3.8) is 0 Å². The summed E-state index contributed by atoms with van der Waals surface area (Å²) in [7, 11) is -10.8. The molecule has 3 unspecified atom stereocenters. The Labute approximate surface area is 398 Å². The van der Waals surface area contributed by atoms with Crippen LogP contribution in [0.25, 0.3) is 0 Å². The van der Waals surface area contributed by atoms with Crippen LogP contribution in [0, 0.1) is 5.92 Å². The van der Waals surface area contributed by atoms with E-state index in [9.17, 15) is 43.5 Å². The van der Waals surface area contributed by atoms with Gasteiger partial charge in [-0.25, -0.2) is 13.9 Å². The molecule has 2 rings (SSSR count). The fourth-order valence-corrected chi connectivity index (χ4v) is 9.48. The van der Waals surface area contributed by atoms with Crippen molar-refractivity contribution in [2.24, 2.45) is 5.92 Å². The van der Waals surface area contributed by atoms with Crippen LogP contribution in [0.5, 0.6) is 0 Å². The zero-order chi connectivity index (χ0) is 49.3. The highest BCUT2D eigenvalue weighted by Crippen LogP contribution is 2.60. The molecule has 7 atom stereocenters. The second-order valence-corrected chi connectivity index (χ2v) is 20.9. The van der Waals surface area contributed by atoms with E-state index in [1.54, 1.807) is 0 Å².